The lowest BCUT2D eigenvalue weighted by Gasteiger charge is -2.19. The number of carbonyl (C=O) groups is 3. The van der Waals surface area contributed by atoms with E-state index in [0.717, 1.165) is 4.90 Å². The second-order valence-electron chi connectivity index (χ2n) is 3.14. The van der Waals surface area contributed by atoms with Crippen molar-refractivity contribution in [1.29, 1.82) is 0 Å². The predicted molar refractivity (Wildman–Crippen MR) is 53.5 cm³/mol. The van der Waals surface area contributed by atoms with E-state index in [4.69, 9.17) is 11.5 Å². The Labute approximate surface area is 87.8 Å². The van der Waals surface area contributed by atoms with E-state index < -0.39 is 17.9 Å². The molecule has 0 spiro atoms. The van der Waals surface area contributed by atoms with Crippen molar-refractivity contribution in [2.24, 2.45) is 11.5 Å². The molecule has 1 unspecified atom stereocenters. The molecule has 0 saturated heterocycles. The fourth-order valence-electron chi connectivity index (χ4n) is 0.960. The summed E-state index contributed by atoms with van der Waals surface area (Å²) in [5.74, 6) is -1.45. The minimum Gasteiger partial charge on any atom is -0.370 e. The van der Waals surface area contributed by atoms with Crippen LogP contribution in [0.1, 0.15) is 6.42 Å². The number of nitrogens with two attached hydrogens (primary N) is 2. The van der Waals surface area contributed by atoms with E-state index in [-0.39, 0.29) is 18.9 Å². The van der Waals surface area contributed by atoms with Gasteiger partial charge in [-0.05, 0) is 0 Å². The smallest absolute Gasteiger partial charge is 0.240 e. The van der Waals surface area contributed by atoms with Gasteiger partial charge < -0.3 is 21.7 Å². The van der Waals surface area contributed by atoms with Crippen LogP contribution in [0.2, 0.25) is 0 Å². The molecule has 7 nitrogen and oxygen atoms in total. The Morgan fingerprint density at radius 2 is 1.93 bits per heavy atom. The minimum absolute atomic E-state index is 0.0954. The van der Waals surface area contributed by atoms with Crippen molar-refractivity contribution in [2.45, 2.75) is 12.5 Å². The highest BCUT2D eigenvalue weighted by molar-refractivity contribution is 5.90. The fraction of sp³-hybridized carbons (Fsp3) is 0.625. The molecule has 0 aliphatic carbocycles. The molecule has 0 aliphatic heterocycles. The topological polar surface area (TPSA) is 119 Å². The number of likely N-dealkylation sites (N-methyl/N-ethyl adjacent to an activating group) is 2. The molecule has 0 rings (SSSR count). The molecule has 0 radical (unpaired) electrons. The molecular weight excluding hydrogens is 200 g/mol. The van der Waals surface area contributed by atoms with Crippen LogP contribution in [0.15, 0.2) is 0 Å². The van der Waals surface area contributed by atoms with Crippen LogP contribution in [0.25, 0.3) is 0 Å². The van der Waals surface area contributed by atoms with E-state index in [0.29, 0.717) is 0 Å². The highest BCUT2D eigenvalue weighted by Gasteiger charge is 2.20. The van der Waals surface area contributed by atoms with Crippen LogP contribution in [0, 0.1) is 0 Å². The standard InChI is InChI=1S/C8H16N4O3/c1-11-7(14)4-12(2)8(15)5(9)3-6(10)13/h5H,3-4,9H2,1-2H3,(H2,10,13)(H,11,14). The summed E-state index contributed by atoms with van der Waals surface area (Å²) in [7, 11) is 2.89. The van der Waals surface area contributed by atoms with Crippen LogP contribution in [-0.4, -0.2) is 49.3 Å². The van der Waals surface area contributed by atoms with Crippen LogP contribution in [0.4, 0.5) is 0 Å². The molecule has 0 aromatic heterocycles. The molecule has 0 bridgehead atoms. The zero-order valence-corrected chi connectivity index (χ0v) is 8.82. The summed E-state index contributed by atoms with van der Waals surface area (Å²) in [6.45, 7) is -0.0954. The largest absolute Gasteiger partial charge is 0.370 e. The van der Waals surface area contributed by atoms with Crippen molar-refractivity contribution in [2.75, 3.05) is 20.6 Å². The average Bonchev–Trinajstić information content (AvgIpc) is 2.15. The van der Waals surface area contributed by atoms with E-state index in [9.17, 15) is 14.4 Å². The van der Waals surface area contributed by atoms with Gasteiger partial charge in [0.15, 0.2) is 0 Å². The highest BCUT2D eigenvalue weighted by atomic mass is 16.2. The first-order chi connectivity index (χ1) is 6.88. The lowest BCUT2D eigenvalue weighted by Crippen LogP contribution is -2.46. The van der Waals surface area contributed by atoms with E-state index in [2.05, 4.69) is 5.32 Å². The third kappa shape index (κ3) is 4.96. The second kappa shape index (κ2) is 5.97. The normalized spacial score (nSPS) is 11.7. The van der Waals surface area contributed by atoms with Gasteiger partial charge >= 0.3 is 0 Å². The molecule has 5 N–H and O–H groups in total. The summed E-state index contributed by atoms with van der Waals surface area (Å²) in [6.07, 6.45) is -0.225. The number of amides is 3. The number of hydrogen-bond acceptors (Lipinski definition) is 4. The van der Waals surface area contributed by atoms with E-state index in [1.54, 1.807) is 0 Å². The summed E-state index contributed by atoms with van der Waals surface area (Å²) < 4.78 is 0. The summed E-state index contributed by atoms with van der Waals surface area (Å²) in [4.78, 5) is 34.0. The van der Waals surface area contributed by atoms with Crippen molar-refractivity contribution in [3.63, 3.8) is 0 Å². The summed E-state index contributed by atoms with van der Waals surface area (Å²) in [5.41, 5.74) is 10.3. The van der Waals surface area contributed by atoms with Gasteiger partial charge in [0.25, 0.3) is 0 Å². The maximum absolute atomic E-state index is 11.4. The molecule has 0 aromatic rings. The van der Waals surface area contributed by atoms with Crippen molar-refractivity contribution in [3.05, 3.63) is 0 Å². The van der Waals surface area contributed by atoms with Gasteiger partial charge in [-0.25, -0.2) is 0 Å². The Kier molecular flexibility index (Phi) is 5.32. The molecule has 0 aromatic carbocycles. The van der Waals surface area contributed by atoms with Gasteiger partial charge in [0.05, 0.1) is 19.0 Å². The number of primary amides is 1. The Morgan fingerprint density at radius 3 is 2.33 bits per heavy atom. The molecule has 0 aliphatic rings. The van der Waals surface area contributed by atoms with Crippen molar-refractivity contribution in [1.82, 2.24) is 10.2 Å². The Hall–Kier alpha value is -1.63. The van der Waals surface area contributed by atoms with Gasteiger partial charge in [-0.3, -0.25) is 14.4 Å². The molecule has 7 heteroatoms. The molecule has 86 valence electrons. The lowest BCUT2D eigenvalue weighted by atomic mass is 10.2. The van der Waals surface area contributed by atoms with E-state index >= 15 is 0 Å². The van der Waals surface area contributed by atoms with Crippen LogP contribution in [0.5, 0.6) is 0 Å². The number of rotatable bonds is 5. The van der Waals surface area contributed by atoms with E-state index in [1.807, 2.05) is 0 Å². The van der Waals surface area contributed by atoms with Gasteiger partial charge in [-0.1, -0.05) is 0 Å². The quantitative estimate of drug-likeness (QED) is 0.466. The van der Waals surface area contributed by atoms with Crippen LogP contribution in [0.3, 0.4) is 0 Å². The van der Waals surface area contributed by atoms with Crippen molar-refractivity contribution < 1.29 is 14.4 Å². The van der Waals surface area contributed by atoms with Gasteiger partial charge in [-0.2, -0.15) is 0 Å². The first kappa shape index (κ1) is 13.4. The zero-order valence-electron chi connectivity index (χ0n) is 8.82. The number of nitrogens with one attached hydrogen (secondary N) is 1. The minimum atomic E-state index is -0.989. The molecule has 15 heavy (non-hydrogen) atoms. The Balaban J connectivity index is 4.19. The molecule has 0 fully saturated rings. The van der Waals surface area contributed by atoms with Crippen LogP contribution < -0.4 is 16.8 Å². The van der Waals surface area contributed by atoms with E-state index in [1.165, 1.54) is 14.1 Å². The van der Waals surface area contributed by atoms with Crippen LogP contribution >= 0.6 is 0 Å². The summed E-state index contributed by atoms with van der Waals surface area (Å²) in [6, 6.07) is -0.989. The summed E-state index contributed by atoms with van der Waals surface area (Å²) >= 11 is 0. The monoisotopic (exact) mass is 216 g/mol. The number of carbonyl (C=O) groups excluding carboxylic acids is 3. The van der Waals surface area contributed by atoms with Gasteiger partial charge in [0, 0.05) is 14.1 Å². The highest BCUT2D eigenvalue weighted by Crippen LogP contribution is 1.94. The first-order valence-electron chi connectivity index (χ1n) is 4.38. The molecule has 0 saturated carbocycles. The predicted octanol–water partition coefficient (Wildman–Crippen LogP) is -2.61. The molecular formula is C8H16N4O3. The fourth-order valence-corrected chi connectivity index (χ4v) is 0.960. The molecule has 1 atom stereocenters. The van der Waals surface area contributed by atoms with Crippen LogP contribution in [-0.2, 0) is 14.4 Å². The first-order valence-corrected chi connectivity index (χ1v) is 4.38. The number of hydrogen-bond donors (Lipinski definition) is 3. The summed E-state index contributed by atoms with van der Waals surface area (Å²) in [5, 5.41) is 2.37. The van der Waals surface area contributed by atoms with Gasteiger partial charge in [0.1, 0.15) is 0 Å². The van der Waals surface area contributed by atoms with Crippen molar-refractivity contribution >= 4 is 17.7 Å². The molecule has 3 amide bonds. The Morgan fingerprint density at radius 1 is 1.40 bits per heavy atom. The van der Waals surface area contributed by atoms with Gasteiger partial charge in [0.2, 0.25) is 17.7 Å². The average molecular weight is 216 g/mol. The van der Waals surface area contributed by atoms with Gasteiger partial charge in [-0.15, -0.1) is 0 Å². The maximum atomic E-state index is 11.4. The SMILES string of the molecule is CNC(=O)CN(C)C(=O)C(N)CC(N)=O. The third-order valence-electron chi connectivity index (χ3n) is 1.77. The number of nitrogens with zero attached hydrogens (tertiary/aromatic N) is 1. The second-order valence-corrected chi connectivity index (χ2v) is 3.14. The van der Waals surface area contributed by atoms with Crippen molar-refractivity contribution in [3.8, 4) is 0 Å². The maximum Gasteiger partial charge on any atom is 0.240 e. The molecule has 0 heterocycles. The Bertz CT molecular complexity index is 267. The third-order valence-corrected chi connectivity index (χ3v) is 1.77. The lowest BCUT2D eigenvalue weighted by molar-refractivity contribution is -0.136. The zero-order chi connectivity index (χ0) is 12.0.